The van der Waals surface area contributed by atoms with Crippen LogP contribution in [0.1, 0.15) is 0 Å². The van der Waals surface area contributed by atoms with E-state index in [0.29, 0.717) is 4.43 Å². The first kappa shape index (κ1) is 14.4. The third kappa shape index (κ3) is 3.19. The zero-order valence-corrected chi connectivity index (χ0v) is 12.3. The van der Waals surface area contributed by atoms with Crippen LogP contribution in [0.4, 0.5) is 4.39 Å². The van der Waals surface area contributed by atoms with Crippen LogP contribution in [-0.2, 0) is 10.0 Å². The molecule has 90 valence electrons. The van der Waals surface area contributed by atoms with E-state index in [0.717, 1.165) is 6.07 Å². The maximum absolute atomic E-state index is 13.3. The molecule has 0 heterocycles. The summed E-state index contributed by atoms with van der Waals surface area (Å²) >= 11 is 13.1. The van der Waals surface area contributed by atoms with E-state index in [1.54, 1.807) is 0 Å². The molecule has 0 radical (unpaired) electrons. The van der Waals surface area contributed by atoms with Gasteiger partial charge in [-0.2, -0.15) is 0 Å². The van der Waals surface area contributed by atoms with Gasteiger partial charge in [-0.15, -0.1) is 0 Å². The first-order valence-corrected chi connectivity index (χ1v) is 7.85. The number of hydrogen-bond donors (Lipinski definition) is 1. The lowest BCUT2D eigenvalue weighted by Gasteiger charge is -2.08. The van der Waals surface area contributed by atoms with Gasteiger partial charge in [0, 0.05) is 11.0 Å². The van der Waals surface area contributed by atoms with Crippen LogP contribution < -0.4 is 4.72 Å². The Kier molecular flexibility index (Phi) is 5.24. The van der Waals surface area contributed by atoms with E-state index in [2.05, 4.69) is 4.72 Å². The predicted octanol–water partition coefficient (Wildman–Crippen LogP) is 2.85. The summed E-state index contributed by atoms with van der Waals surface area (Å²) in [7, 11) is -3.78. The molecular formula is C8H7Cl2FINO2S. The first-order valence-electron chi connectivity index (χ1n) is 4.09. The van der Waals surface area contributed by atoms with E-state index in [-0.39, 0.29) is 16.5 Å². The van der Waals surface area contributed by atoms with Gasteiger partial charge in [0.05, 0.1) is 10.0 Å². The lowest BCUT2D eigenvalue weighted by atomic mass is 10.3. The summed E-state index contributed by atoms with van der Waals surface area (Å²) in [6, 6.07) is 2.32. The number of nitrogens with one attached hydrogen (secondary N) is 1. The van der Waals surface area contributed by atoms with Crippen molar-refractivity contribution >= 4 is 55.8 Å². The van der Waals surface area contributed by atoms with Crippen molar-refractivity contribution in [2.24, 2.45) is 0 Å². The van der Waals surface area contributed by atoms with Crippen molar-refractivity contribution in [2.75, 3.05) is 11.0 Å². The molecule has 0 unspecified atom stereocenters. The van der Waals surface area contributed by atoms with Crippen LogP contribution in [0.3, 0.4) is 0 Å². The monoisotopic (exact) mass is 397 g/mol. The highest BCUT2D eigenvalue weighted by atomic mass is 127. The Hall–Kier alpha value is 0.370. The minimum absolute atomic E-state index is 0.210. The van der Waals surface area contributed by atoms with Gasteiger partial charge in [0.2, 0.25) is 10.0 Å². The standard InChI is InChI=1S/C8H7Cl2FINO2S/c9-5-1-2-6(7(10)8(5)11)16(14,15)13-4-3-12/h1-2,13H,3-4H2. The number of alkyl halides is 1. The maximum Gasteiger partial charge on any atom is 0.242 e. The summed E-state index contributed by atoms with van der Waals surface area (Å²) in [5.41, 5.74) is 0. The van der Waals surface area contributed by atoms with Crippen LogP contribution in [0.15, 0.2) is 17.0 Å². The van der Waals surface area contributed by atoms with Crippen molar-refractivity contribution in [1.82, 2.24) is 4.72 Å². The minimum Gasteiger partial charge on any atom is -0.210 e. The van der Waals surface area contributed by atoms with Gasteiger partial charge in [0.1, 0.15) is 4.90 Å². The average molecular weight is 398 g/mol. The molecule has 0 saturated heterocycles. The smallest absolute Gasteiger partial charge is 0.210 e. The molecule has 0 saturated carbocycles. The van der Waals surface area contributed by atoms with Gasteiger partial charge in [-0.05, 0) is 12.1 Å². The molecule has 0 aliphatic heterocycles. The van der Waals surface area contributed by atoms with Gasteiger partial charge in [0.15, 0.2) is 5.82 Å². The number of halogens is 4. The third-order valence-electron chi connectivity index (χ3n) is 1.68. The third-order valence-corrected chi connectivity index (χ3v) is 4.49. The second-order valence-electron chi connectivity index (χ2n) is 2.76. The van der Waals surface area contributed by atoms with E-state index in [4.69, 9.17) is 23.2 Å². The van der Waals surface area contributed by atoms with E-state index in [1.807, 2.05) is 22.6 Å². The fourth-order valence-corrected chi connectivity index (χ4v) is 3.38. The van der Waals surface area contributed by atoms with E-state index >= 15 is 0 Å². The number of benzene rings is 1. The molecule has 8 heteroatoms. The molecule has 0 spiro atoms. The van der Waals surface area contributed by atoms with Gasteiger partial charge in [-0.1, -0.05) is 45.8 Å². The minimum atomic E-state index is -3.78. The Labute approximate surface area is 117 Å². The van der Waals surface area contributed by atoms with Crippen LogP contribution >= 0.6 is 45.8 Å². The zero-order valence-electron chi connectivity index (χ0n) is 7.81. The summed E-state index contributed by atoms with van der Waals surface area (Å²) in [4.78, 5) is -0.305. The van der Waals surface area contributed by atoms with Gasteiger partial charge in [-0.25, -0.2) is 17.5 Å². The summed E-state index contributed by atoms with van der Waals surface area (Å²) in [5, 5.41) is -0.703. The summed E-state index contributed by atoms with van der Waals surface area (Å²) in [6.45, 7) is 0.253. The van der Waals surface area contributed by atoms with Crippen molar-refractivity contribution in [3.63, 3.8) is 0 Å². The molecule has 0 aliphatic rings. The van der Waals surface area contributed by atoms with Crippen molar-refractivity contribution < 1.29 is 12.8 Å². The van der Waals surface area contributed by atoms with E-state index < -0.39 is 20.9 Å². The van der Waals surface area contributed by atoms with Gasteiger partial charge < -0.3 is 0 Å². The van der Waals surface area contributed by atoms with Gasteiger partial charge in [-0.3, -0.25) is 0 Å². The number of hydrogen-bond acceptors (Lipinski definition) is 2. The molecule has 0 bridgehead atoms. The molecule has 0 aliphatic carbocycles. The fraction of sp³-hybridized carbons (Fsp3) is 0.250. The van der Waals surface area contributed by atoms with E-state index in [9.17, 15) is 12.8 Å². The molecule has 1 rings (SSSR count). The molecule has 0 amide bonds. The number of sulfonamides is 1. The highest BCUT2D eigenvalue weighted by molar-refractivity contribution is 14.1. The van der Waals surface area contributed by atoms with Crippen LogP contribution in [0.25, 0.3) is 0 Å². The van der Waals surface area contributed by atoms with Crippen LogP contribution in [0, 0.1) is 5.82 Å². The van der Waals surface area contributed by atoms with Crippen molar-refractivity contribution in [2.45, 2.75) is 4.90 Å². The van der Waals surface area contributed by atoms with Crippen molar-refractivity contribution in [1.29, 1.82) is 0 Å². The van der Waals surface area contributed by atoms with Crippen LogP contribution in [0.5, 0.6) is 0 Å². The largest absolute Gasteiger partial charge is 0.242 e. The maximum atomic E-state index is 13.3. The Morgan fingerprint density at radius 2 is 2.00 bits per heavy atom. The molecule has 1 N–H and O–H groups in total. The second kappa shape index (κ2) is 5.81. The summed E-state index contributed by atoms with van der Waals surface area (Å²) in [6.07, 6.45) is 0. The fourth-order valence-electron chi connectivity index (χ4n) is 0.966. The topological polar surface area (TPSA) is 46.2 Å². The molecule has 0 aromatic heterocycles. The van der Waals surface area contributed by atoms with Gasteiger partial charge in [0.25, 0.3) is 0 Å². The van der Waals surface area contributed by atoms with Crippen molar-refractivity contribution in [3.8, 4) is 0 Å². The molecule has 3 nitrogen and oxygen atoms in total. The highest BCUT2D eigenvalue weighted by Crippen LogP contribution is 2.29. The van der Waals surface area contributed by atoms with E-state index in [1.165, 1.54) is 6.07 Å². The second-order valence-corrected chi connectivity index (χ2v) is 6.36. The molecule has 16 heavy (non-hydrogen) atoms. The Bertz CT molecular complexity index is 495. The Morgan fingerprint density at radius 3 is 2.56 bits per heavy atom. The molecule has 0 atom stereocenters. The first-order chi connectivity index (χ1) is 7.40. The zero-order chi connectivity index (χ0) is 12.3. The van der Waals surface area contributed by atoms with Crippen LogP contribution in [-0.4, -0.2) is 19.4 Å². The SMILES string of the molecule is O=S(=O)(NCCI)c1ccc(Cl)c(F)c1Cl. The normalized spacial score (nSPS) is 11.8. The van der Waals surface area contributed by atoms with Crippen LogP contribution in [0.2, 0.25) is 10.0 Å². The molecular weight excluding hydrogens is 391 g/mol. The summed E-state index contributed by atoms with van der Waals surface area (Å²) < 4.78 is 39.5. The van der Waals surface area contributed by atoms with Crippen molar-refractivity contribution in [3.05, 3.63) is 28.0 Å². The molecule has 0 fully saturated rings. The Balaban J connectivity index is 3.19. The highest BCUT2D eigenvalue weighted by Gasteiger charge is 2.21. The molecule has 1 aromatic carbocycles. The molecule has 1 aromatic rings. The Morgan fingerprint density at radius 1 is 1.38 bits per heavy atom. The summed E-state index contributed by atoms with van der Waals surface area (Å²) in [5.74, 6) is -0.930. The lowest BCUT2D eigenvalue weighted by Crippen LogP contribution is -2.25. The predicted molar refractivity (Wildman–Crippen MR) is 70.5 cm³/mol. The quantitative estimate of drug-likeness (QED) is 0.482. The lowest BCUT2D eigenvalue weighted by molar-refractivity contribution is 0.580. The van der Waals surface area contributed by atoms with Gasteiger partial charge >= 0.3 is 0 Å². The average Bonchev–Trinajstić information content (AvgIpc) is 2.23. The number of rotatable bonds is 4.